The first-order chi connectivity index (χ1) is 11.3. The number of rotatable bonds is 4. The summed E-state index contributed by atoms with van der Waals surface area (Å²) in [5, 5.41) is 2.65. The minimum atomic E-state index is 0.334. The highest BCUT2D eigenvalue weighted by Gasteiger charge is 2.25. The second kappa shape index (κ2) is 6.14. The van der Waals surface area contributed by atoms with Gasteiger partial charge in [-0.3, -0.25) is 4.90 Å². The molecule has 4 nitrogen and oxygen atoms in total. The lowest BCUT2D eigenvalue weighted by molar-refractivity contribution is 0.0985. The molecule has 0 fully saturated rings. The topological polar surface area (TPSA) is 30.3 Å². The minimum Gasteiger partial charge on any atom is -0.382 e. The van der Waals surface area contributed by atoms with Crippen LogP contribution in [0.5, 0.6) is 0 Å². The fourth-order valence-electron chi connectivity index (χ4n) is 3.58. The average Bonchev–Trinajstić information content (AvgIpc) is 3.04. The Hall–Kier alpha value is -2.17. The van der Waals surface area contributed by atoms with Crippen molar-refractivity contribution >= 4 is 10.8 Å². The van der Waals surface area contributed by atoms with Gasteiger partial charge in [-0.05, 0) is 16.3 Å². The molecule has 3 aromatic rings. The molecule has 4 heteroatoms. The summed E-state index contributed by atoms with van der Waals surface area (Å²) in [6.45, 7) is 3.59. The monoisotopic (exact) mass is 307 g/mol. The van der Waals surface area contributed by atoms with Gasteiger partial charge in [0.1, 0.15) is 0 Å². The molecule has 2 aromatic carbocycles. The summed E-state index contributed by atoms with van der Waals surface area (Å²) in [4.78, 5) is 6.80. The molecule has 0 saturated carbocycles. The Balaban J connectivity index is 1.62. The standard InChI is InChI=1S/C19H21N3O/c1-23-13-18-12-21(11-17-9-20-14-22(17)18)10-16-7-4-6-15-5-2-3-8-19(15)16/h2-9,14,18H,10-13H2,1H3. The van der Waals surface area contributed by atoms with Gasteiger partial charge in [0.2, 0.25) is 0 Å². The zero-order valence-corrected chi connectivity index (χ0v) is 13.4. The maximum atomic E-state index is 5.40. The molecule has 1 atom stereocenters. The number of ether oxygens (including phenoxy) is 1. The van der Waals surface area contributed by atoms with E-state index in [1.807, 2.05) is 12.5 Å². The van der Waals surface area contributed by atoms with Gasteiger partial charge in [0.25, 0.3) is 0 Å². The van der Waals surface area contributed by atoms with Crippen LogP contribution in [0.3, 0.4) is 0 Å². The van der Waals surface area contributed by atoms with Crippen molar-refractivity contribution in [1.82, 2.24) is 14.5 Å². The molecule has 1 aromatic heterocycles. The number of nitrogens with zero attached hydrogens (tertiary/aromatic N) is 3. The van der Waals surface area contributed by atoms with E-state index in [1.165, 1.54) is 22.0 Å². The van der Waals surface area contributed by atoms with Crippen LogP contribution in [0.4, 0.5) is 0 Å². The summed E-state index contributed by atoms with van der Waals surface area (Å²) >= 11 is 0. The summed E-state index contributed by atoms with van der Waals surface area (Å²) < 4.78 is 7.65. The van der Waals surface area contributed by atoms with Crippen LogP contribution in [-0.2, 0) is 17.8 Å². The van der Waals surface area contributed by atoms with Crippen molar-refractivity contribution < 1.29 is 4.74 Å². The van der Waals surface area contributed by atoms with Crippen molar-refractivity contribution in [2.45, 2.75) is 19.1 Å². The first kappa shape index (κ1) is 14.4. The first-order valence-corrected chi connectivity index (χ1v) is 8.04. The zero-order chi connectivity index (χ0) is 15.6. The Morgan fingerprint density at radius 1 is 1.17 bits per heavy atom. The van der Waals surface area contributed by atoms with Crippen LogP contribution in [-0.4, -0.2) is 34.7 Å². The molecular formula is C19H21N3O. The third kappa shape index (κ3) is 2.76. The number of aromatic nitrogens is 2. The molecule has 0 N–H and O–H groups in total. The molecule has 0 amide bonds. The van der Waals surface area contributed by atoms with Crippen molar-refractivity contribution in [3.8, 4) is 0 Å². The summed E-state index contributed by atoms with van der Waals surface area (Å²) in [6, 6.07) is 15.5. The van der Waals surface area contributed by atoms with Gasteiger partial charge in [-0.2, -0.15) is 0 Å². The van der Waals surface area contributed by atoms with Crippen molar-refractivity contribution in [1.29, 1.82) is 0 Å². The maximum Gasteiger partial charge on any atom is 0.0952 e. The van der Waals surface area contributed by atoms with Crippen molar-refractivity contribution in [2.75, 3.05) is 20.3 Å². The van der Waals surface area contributed by atoms with E-state index >= 15 is 0 Å². The second-order valence-corrected chi connectivity index (χ2v) is 6.21. The highest BCUT2D eigenvalue weighted by molar-refractivity contribution is 5.85. The summed E-state index contributed by atoms with van der Waals surface area (Å²) in [5.41, 5.74) is 2.64. The summed E-state index contributed by atoms with van der Waals surface area (Å²) in [6.07, 6.45) is 3.90. The van der Waals surface area contributed by atoms with E-state index < -0.39 is 0 Å². The van der Waals surface area contributed by atoms with E-state index in [4.69, 9.17) is 4.74 Å². The predicted molar refractivity (Wildman–Crippen MR) is 91.2 cm³/mol. The molecule has 2 heterocycles. The predicted octanol–water partition coefficient (Wildman–Crippen LogP) is 3.24. The smallest absolute Gasteiger partial charge is 0.0952 e. The molecule has 118 valence electrons. The number of imidazole rings is 1. The number of benzene rings is 2. The van der Waals surface area contributed by atoms with E-state index in [0.29, 0.717) is 6.04 Å². The molecule has 4 rings (SSSR count). The van der Waals surface area contributed by atoms with Gasteiger partial charge in [0, 0.05) is 32.9 Å². The SMILES string of the molecule is COCC1CN(Cc2cccc3ccccc23)Cc2cncn21. The third-order valence-electron chi connectivity index (χ3n) is 4.63. The minimum absolute atomic E-state index is 0.334. The van der Waals surface area contributed by atoms with Crippen LogP contribution in [0.15, 0.2) is 55.0 Å². The Kier molecular flexibility index (Phi) is 3.85. The third-order valence-corrected chi connectivity index (χ3v) is 4.63. The summed E-state index contributed by atoms with van der Waals surface area (Å²) in [7, 11) is 1.76. The quantitative estimate of drug-likeness (QED) is 0.741. The van der Waals surface area contributed by atoms with Crippen LogP contribution in [0.2, 0.25) is 0 Å². The molecule has 0 saturated heterocycles. The maximum absolute atomic E-state index is 5.40. The molecule has 1 aliphatic heterocycles. The molecule has 23 heavy (non-hydrogen) atoms. The highest BCUT2D eigenvalue weighted by Crippen LogP contribution is 2.25. The number of hydrogen-bond donors (Lipinski definition) is 0. The van der Waals surface area contributed by atoms with E-state index in [9.17, 15) is 0 Å². The molecule has 1 aliphatic rings. The van der Waals surface area contributed by atoms with E-state index in [1.54, 1.807) is 7.11 Å². The lowest BCUT2D eigenvalue weighted by Gasteiger charge is -2.34. The van der Waals surface area contributed by atoms with Crippen LogP contribution >= 0.6 is 0 Å². The Morgan fingerprint density at radius 3 is 2.96 bits per heavy atom. The van der Waals surface area contributed by atoms with Crippen molar-refractivity contribution in [3.63, 3.8) is 0 Å². The van der Waals surface area contributed by atoms with E-state index in [0.717, 1.165) is 26.2 Å². The summed E-state index contributed by atoms with van der Waals surface area (Å²) in [5.74, 6) is 0. The van der Waals surface area contributed by atoms with Gasteiger partial charge < -0.3 is 9.30 Å². The number of methoxy groups -OCH3 is 1. The van der Waals surface area contributed by atoms with Crippen LogP contribution in [0.1, 0.15) is 17.3 Å². The lowest BCUT2D eigenvalue weighted by atomic mass is 10.0. The molecule has 0 bridgehead atoms. The molecule has 0 spiro atoms. The van der Waals surface area contributed by atoms with Gasteiger partial charge in [0.15, 0.2) is 0 Å². The normalized spacial score (nSPS) is 18.2. The molecular weight excluding hydrogens is 286 g/mol. The number of fused-ring (bicyclic) bond motifs is 2. The Morgan fingerprint density at radius 2 is 2.04 bits per heavy atom. The van der Waals surface area contributed by atoms with Gasteiger partial charge in [0.05, 0.1) is 24.7 Å². The lowest BCUT2D eigenvalue weighted by Crippen LogP contribution is -2.38. The van der Waals surface area contributed by atoms with E-state index in [2.05, 4.69) is 56.9 Å². The van der Waals surface area contributed by atoms with Gasteiger partial charge in [-0.25, -0.2) is 4.98 Å². The van der Waals surface area contributed by atoms with Gasteiger partial charge in [-0.1, -0.05) is 42.5 Å². The molecule has 0 radical (unpaired) electrons. The highest BCUT2D eigenvalue weighted by atomic mass is 16.5. The van der Waals surface area contributed by atoms with Crippen molar-refractivity contribution in [2.24, 2.45) is 0 Å². The van der Waals surface area contributed by atoms with Crippen molar-refractivity contribution in [3.05, 3.63) is 66.2 Å². The average molecular weight is 307 g/mol. The van der Waals surface area contributed by atoms with Crippen LogP contribution < -0.4 is 0 Å². The Bertz CT molecular complexity index is 806. The number of hydrogen-bond acceptors (Lipinski definition) is 3. The van der Waals surface area contributed by atoms with Gasteiger partial charge in [-0.15, -0.1) is 0 Å². The fraction of sp³-hybridized carbons (Fsp3) is 0.316. The van der Waals surface area contributed by atoms with Crippen LogP contribution in [0.25, 0.3) is 10.8 Å². The molecule has 0 aliphatic carbocycles. The zero-order valence-electron chi connectivity index (χ0n) is 13.4. The van der Waals surface area contributed by atoms with E-state index in [-0.39, 0.29) is 0 Å². The molecule has 1 unspecified atom stereocenters. The Labute approximate surface area is 136 Å². The van der Waals surface area contributed by atoms with Crippen LogP contribution in [0, 0.1) is 0 Å². The second-order valence-electron chi connectivity index (χ2n) is 6.21. The van der Waals surface area contributed by atoms with Gasteiger partial charge >= 0.3 is 0 Å². The largest absolute Gasteiger partial charge is 0.382 e. The fourth-order valence-corrected chi connectivity index (χ4v) is 3.58. The first-order valence-electron chi connectivity index (χ1n) is 8.04.